The highest BCUT2D eigenvalue weighted by Gasteiger charge is 2.37. The van der Waals surface area contributed by atoms with Crippen LogP contribution in [0.5, 0.6) is 0 Å². The van der Waals surface area contributed by atoms with Gasteiger partial charge in [0.2, 0.25) is 5.89 Å². The Morgan fingerprint density at radius 2 is 2.10 bits per heavy atom. The number of aliphatic carboxylic acids is 1. The van der Waals surface area contributed by atoms with Crippen LogP contribution < -0.4 is 0 Å². The van der Waals surface area contributed by atoms with Gasteiger partial charge >= 0.3 is 5.97 Å². The Labute approximate surface area is 122 Å². The quantitative estimate of drug-likeness (QED) is 0.879. The summed E-state index contributed by atoms with van der Waals surface area (Å²) in [6.07, 6.45) is -0.175. The summed E-state index contributed by atoms with van der Waals surface area (Å²) in [6, 6.07) is 9.02. The molecule has 2 aromatic rings. The average Bonchev–Trinajstić information content (AvgIpc) is 2.95. The summed E-state index contributed by atoms with van der Waals surface area (Å²) in [7, 11) is 1.55. The lowest BCUT2D eigenvalue weighted by molar-refractivity contribution is -0.143. The zero-order valence-corrected chi connectivity index (χ0v) is 12.2. The number of rotatable bonds is 6. The number of methoxy groups -OCH3 is 1. The lowest BCUT2D eigenvalue weighted by Gasteiger charge is -2.23. The third kappa shape index (κ3) is 3.11. The Morgan fingerprint density at radius 1 is 1.43 bits per heavy atom. The predicted molar refractivity (Wildman–Crippen MR) is 74.9 cm³/mol. The molecule has 21 heavy (non-hydrogen) atoms. The number of nitrogens with zero attached hydrogens (tertiary/aromatic N) is 2. The van der Waals surface area contributed by atoms with Crippen LogP contribution in [0, 0.1) is 0 Å². The van der Waals surface area contributed by atoms with Crippen LogP contribution in [-0.2, 0) is 21.4 Å². The van der Waals surface area contributed by atoms with Crippen molar-refractivity contribution < 1.29 is 19.2 Å². The Hall–Kier alpha value is -2.21. The Morgan fingerprint density at radius 3 is 2.67 bits per heavy atom. The maximum Gasteiger partial charge on any atom is 0.314 e. The first-order chi connectivity index (χ1) is 9.97. The van der Waals surface area contributed by atoms with Gasteiger partial charge in [-0.25, -0.2) is 0 Å². The van der Waals surface area contributed by atoms with Gasteiger partial charge in [0.1, 0.15) is 6.10 Å². The highest BCUT2D eigenvalue weighted by Crippen LogP contribution is 2.28. The van der Waals surface area contributed by atoms with E-state index in [-0.39, 0.29) is 18.4 Å². The van der Waals surface area contributed by atoms with Crippen LogP contribution in [-0.4, -0.2) is 28.3 Å². The van der Waals surface area contributed by atoms with Crippen molar-refractivity contribution in [2.75, 3.05) is 7.11 Å². The normalized spacial score (nSPS) is 15.4. The summed E-state index contributed by atoms with van der Waals surface area (Å²) in [6.45, 7) is 3.44. The molecule has 0 spiro atoms. The number of benzene rings is 1. The lowest BCUT2D eigenvalue weighted by Crippen LogP contribution is -2.35. The minimum absolute atomic E-state index is 0.121. The van der Waals surface area contributed by atoms with Gasteiger partial charge in [0, 0.05) is 13.5 Å². The summed E-state index contributed by atoms with van der Waals surface area (Å²) < 4.78 is 10.3. The molecule has 0 amide bonds. The first-order valence-corrected chi connectivity index (χ1v) is 6.61. The van der Waals surface area contributed by atoms with Crippen LogP contribution in [0.15, 0.2) is 34.9 Å². The maximum atomic E-state index is 11.7. The van der Waals surface area contributed by atoms with Crippen molar-refractivity contribution in [3.63, 3.8) is 0 Å². The molecule has 0 aliphatic carbocycles. The van der Waals surface area contributed by atoms with Gasteiger partial charge in [0.25, 0.3) is 0 Å². The van der Waals surface area contributed by atoms with Gasteiger partial charge in [-0.2, -0.15) is 4.98 Å². The molecule has 2 unspecified atom stereocenters. The van der Waals surface area contributed by atoms with E-state index >= 15 is 0 Å². The molecule has 0 bridgehead atoms. The third-order valence-electron chi connectivity index (χ3n) is 3.59. The number of carbonyl (C=O) groups is 1. The first kappa shape index (κ1) is 15.2. The fourth-order valence-electron chi connectivity index (χ4n) is 2.02. The SMILES string of the molecule is COC(C)c1noc(CC(C)(C(=O)O)c2ccccc2)n1. The highest BCUT2D eigenvalue weighted by atomic mass is 16.5. The zero-order valence-electron chi connectivity index (χ0n) is 12.2. The number of hydrogen-bond donors (Lipinski definition) is 1. The molecule has 0 saturated heterocycles. The average molecular weight is 290 g/mol. The lowest BCUT2D eigenvalue weighted by atomic mass is 9.79. The molecule has 112 valence electrons. The number of aromatic nitrogens is 2. The van der Waals surface area contributed by atoms with Gasteiger partial charge < -0.3 is 14.4 Å². The van der Waals surface area contributed by atoms with E-state index in [0.717, 1.165) is 0 Å². The molecule has 1 N–H and O–H groups in total. The molecule has 0 fully saturated rings. The molecule has 1 heterocycles. The van der Waals surface area contributed by atoms with Crippen LogP contribution in [0.3, 0.4) is 0 Å². The van der Waals surface area contributed by atoms with E-state index in [9.17, 15) is 9.90 Å². The topological polar surface area (TPSA) is 85.5 Å². The summed E-state index contributed by atoms with van der Waals surface area (Å²) >= 11 is 0. The van der Waals surface area contributed by atoms with Crippen LogP contribution in [0.1, 0.15) is 37.2 Å². The van der Waals surface area contributed by atoms with Crippen molar-refractivity contribution in [3.8, 4) is 0 Å². The molecule has 0 saturated carbocycles. The molecule has 2 atom stereocenters. The van der Waals surface area contributed by atoms with Crippen LogP contribution >= 0.6 is 0 Å². The maximum absolute atomic E-state index is 11.7. The Kier molecular flexibility index (Phi) is 4.37. The van der Waals surface area contributed by atoms with Crippen molar-refractivity contribution in [1.82, 2.24) is 10.1 Å². The van der Waals surface area contributed by atoms with Crippen LogP contribution in [0.25, 0.3) is 0 Å². The fourth-order valence-corrected chi connectivity index (χ4v) is 2.02. The van der Waals surface area contributed by atoms with E-state index < -0.39 is 11.4 Å². The van der Waals surface area contributed by atoms with Gasteiger partial charge in [-0.05, 0) is 19.4 Å². The second-order valence-corrected chi connectivity index (χ2v) is 5.10. The number of ether oxygens (including phenoxy) is 1. The standard InChI is InChI=1S/C15H18N2O4/c1-10(20-3)13-16-12(21-17-13)9-15(2,14(18)19)11-7-5-4-6-8-11/h4-8,10H,9H2,1-3H3,(H,18,19). The third-order valence-corrected chi connectivity index (χ3v) is 3.59. The summed E-state index contributed by atoms with van der Waals surface area (Å²) in [5.74, 6) is -0.246. The van der Waals surface area contributed by atoms with Gasteiger partial charge in [-0.1, -0.05) is 35.5 Å². The number of carboxylic acid groups (broad SMARTS) is 1. The zero-order chi connectivity index (χ0) is 15.5. The van der Waals surface area contributed by atoms with E-state index in [1.165, 1.54) is 0 Å². The van der Waals surface area contributed by atoms with Crippen molar-refractivity contribution in [2.45, 2.75) is 31.8 Å². The minimum atomic E-state index is -1.12. The largest absolute Gasteiger partial charge is 0.481 e. The molecule has 0 aliphatic rings. The van der Waals surface area contributed by atoms with E-state index in [1.54, 1.807) is 33.1 Å². The highest BCUT2D eigenvalue weighted by molar-refractivity contribution is 5.81. The van der Waals surface area contributed by atoms with Gasteiger partial charge in [0.15, 0.2) is 5.82 Å². The van der Waals surface area contributed by atoms with E-state index in [0.29, 0.717) is 11.4 Å². The monoisotopic (exact) mass is 290 g/mol. The van der Waals surface area contributed by atoms with Crippen molar-refractivity contribution in [1.29, 1.82) is 0 Å². The molecule has 0 radical (unpaired) electrons. The smallest absolute Gasteiger partial charge is 0.314 e. The first-order valence-electron chi connectivity index (χ1n) is 6.61. The molecular weight excluding hydrogens is 272 g/mol. The Balaban J connectivity index is 2.29. The minimum Gasteiger partial charge on any atom is -0.481 e. The number of carboxylic acids is 1. The van der Waals surface area contributed by atoms with Crippen LogP contribution in [0.2, 0.25) is 0 Å². The molecule has 1 aromatic heterocycles. The number of hydrogen-bond acceptors (Lipinski definition) is 5. The van der Waals surface area contributed by atoms with Crippen molar-refractivity contribution in [2.24, 2.45) is 0 Å². The van der Waals surface area contributed by atoms with Crippen molar-refractivity contribution >= 4 is 5.97 Å². The van der Waals surface area contributed by atoms with Crippen molar-refractivity contribution in [3.05, 3.63) is 47.6 Å². The molecular formula is C15H18N2O4. The summed E-state index contributed by atoms with van der Waals surface area (Å²) in [5.41, 5.74) is -0.432. The molecule has 6 heteroatoms. The van der Waals surface area contributed by atoms with Crippen LogP contribution in [0.4, 0.5) is 0 Å². The summed E-state index contributed by atoms with van der Waals surface area (Å²) in [4.78, 5) is 15.9. The fraction of sp³-hybridized carbons (Fsp3) is 0.400. The summed E-state index contributed by atoms with van der Waals surface area (Å²) in [5, 5.41) is 13.4. The molecule has 6 nitrogen and oxygen atoms in total. The van der Waals surface area contributed by atoms with Gasteiger partial charge in [0.05, 0.1) is 5.41 Å². The van der Waals surface area contributed by atoms with E-state index in [4.69, 9.17) is 9.26 Å². The van der Waals surface area contributed by atoms with Gasteiger partial charge in [-0.3, -0.25) is 4.79 Å². The van der Waals surface area contributed by atoms with E-state index in [2.05, 4.69) is 10.1 Å². The molecule has 2 rings (SSSR count). The second-order valence-electron chi connectivity index (χ2n) is 5.10. The molecule has 0 aliphatic heterocycles. The second kappa shape index (κ2) is 6.05. The Bertz CT molecular complexity index is 611. The van der Waals surface area contributed by atoms with Gasteiger partial charge in [-0.15, -0.1) is 0 Å². The predicted octanol–water partition coefficient (Wildman–Crippen LogP) is 2.36. The van der Waals surface area contributed by atoms with E-state index in [1.807, 2.05) is 18.2 Å². The molecule has 1 aromatic carbocycles.